The third-order valence-corrected chi connectivity index (χ3v) is 2.75. The van der Waals surface area contributed by atoms with Crippen molar-refractivity contribution >= 4 is 0 Å². The van der Waals surface area contributed by atoms with Gasteiger partial charge in [0, 0.05) is 13.1 Å². The predicted octanol–water partition coefficient (Wildman–Crippen LogP) is 0.620. The highest BCUT2D eigenvalue weighted by atomic mass is 15.2. The standard InChI is InChI=1S/C9H16N4/c1-2-12-4-3-9(5-12)6-13-7-10-11-8-13/h7-9H,2-6H2,1H3. The van der Waals surface area contributed by atoms with Gasteiger partial charge in [0.05, 0.1) is 0 Å². The molecule has 1 unspecified atom stereocenters. The Morgan fingerprint density at radius 3 is 2.77 bits per heavy atom. The lowest BCUT2D eigenvalue weighted by molar-refractivity contribution is 0.332. The van der Waals surface area contributed by atoms with Crippen LogP contribution >= 0.6 is 0 Å². The average Bonchev–Trinajstić information content (AvgIpc) is 2.76. The van der Waals surface area contributed by atoms with Crippen LogP contribution in [-0.4, -0.2) is 39.3 Å². The fourth-order valence-corrected chi connectivity index (χ4v) is 1.96. The van der Waals surface area contributed by atoms with Gasteiger partial charge in [-0.1, -0.05) is 6.92 Å². The van der Waals surface area contributed by atoms with Crippen molar-refractivity contribution in [2.75, 3.05) is 19.6 Å². The summed E-state index contributed by atoms with van der Waals surface area (Å²) < 4.78 is 2.07. The Morgan fingerprint density at radius 2 is 2.15 bits per heavy atom. The van der Waals surface area contributed by atoms with Gasteiger partial charge >= 0.3 is 0 Å². The van der Waals surface area contributed by atoms with Gasteiger partial charge in [-0.2, -0.15) is 0 Å². The Morgan fingerprint density at radius 1 is 1.38 bits per heavy atom. The lowest BCUT2D eigenvalue weighted by atomic mass is 10.1. The van der Waals surface area contributed by atoms with Crippen LogP contribution in [-0.2, 0) is 6.54 Å². The molecule has 2 rings (SSSR count). The Labute approximate surface area is 78.6 Å². The monoisotopic (exact) mass is 180 g/mol. The van der Waals surface area contributed by atoms with E-state index in [1.165, 1.54) is 26.1 Å². The van der Waals surface area contributed by atoms with Crippen LogP contribution in [0.4, 0.5) is 0 Å². The van der Waals surface area contributed by atoms with Crippen molar-refractivity contribution in [3.05, 3.63) is 12.7 Å². The Balaban J connectivity index is 1.84. The average molecular weight is 180 g/mol. The molecule has 0 saturated carbocycles. The molecule has 0 spiro atoms. The minimum absolute atomic E-state index is 0.788. The lowest BCUT2D eigenvalue weighted by Gasteiger charge is -2.12. The van der Waals surface area contributed by atoms with Gasteiger partial charge in [-0.05, 0) is 25.4 Å². The highest BCUT2D eigenvalue weighted by molar-refractivity contribution is 4.76. The highest BCUT2D eigenvalue weighted by Crippen LogP contribution is 2.16. The summed E-state index contributed by atoms with van der Waals surface area (Å²) in [7, 11) is 0. The van der Waals surface area contributed by atoms with E-state index in [0.29, 0.717) is 0 Å². The number of hydrogen-bond donors (Lipinski definition) is 0. The van der Waals surface area contributed by atoms with E-state index in [0.717, 1.165) is 12.5 Å². The second-order valence-electron chi connectivity index (χ2n) is 3.71. The molecule has 13 heavy (non-hydrogen) atoms. The van der Waals surface area contributed by atoms with Crippen LogP contribution in [0.25, 0.3) is 0 Å². The number of rotatable bonds is 3. The minimum Gasteiger partial charge on any atom is -0.320 e. The molecule has 1 aliphatic heterocycles. The summed E-state index contributed by atoms with van der Waals surface area (Å²) in [6.07, 6.45) is 4.91. The molecule has 0 bridgehead atoms. The molecule has 4 heteroatoms. The molecule has 4 nitrogen and oxygen atoms in total. The van der Waals surface area contributed by atoms with Gasteiger partial charge in [-0.3, -0.25) is 0 Å². The number of hydrogen-bond acceptors (Lipinski definition) is 3. The van der Waals surface area contributed by atoms with Crippen molar-refractivity contribution in [1.82, 2.24) is 19.7 Å². The van der Waals surface area contributed by atoms with E-state index in [1.54, 1.807) is 12.7 Å². The first-order valence-corrected chi connectivity index (χ1v) is 4.93. The van der Waals surface area contributed by atoms with Crippen molar-refractivity contribution in [3.63, 3.8) is 0 Å². The van der Waals surface area contributed by atoms with E-state index in [1.807, 2.05) is 0 Å². The summed E-state index contributed by atoms with van der Waals surface area (Å²) >= 11 is 0. The Bertz CT molecular complexity index is 244. The van der Waals surface area contributed by atoms with Crippen LogP contribution < -0.4 is 0 Å². The third kappa shape index (κ3) is 2.06. The van der Waals surface area contributed by atoms with Gasteiger partial charge in [-0.25, -0.2) is 0 Å². The molecule has 1 fully saturated rings. The van der Waals surface area contributed by atoms with Crippen LogP contribution in [0.5, 0.6) is 0 Å². The van der Waals surface area contributed by atoms with E-state index in [9.17, 15) is 0 Å². The summed E-state index contributed by atoms with van der Waals surface area (Å²) in [5.41, 5.74) is 0. The summed E-state index contributed by atoms with van der Waals surface area (Å²) in [6.45, 7) is 6.96. The second kappa shape index (κ2) is 3.87. The van der Waals surface area contributed by atoms with Crippen molar-refractivity contribution in [3.8, 4) is 0 Å². The molecule has 2 heterocycles. The van der Waals surface area contributed by atoms with Gasteiger partial charge in [0.15, 0.2) is 0 Å². The van der Waals surface area contributed by atoms with Gasteiger partial charge in [0.25, 0.3) is 0 Å². The molecule has 1 saturated heterocycles. The van der Waals surface area contributed by atoms with Gasteiger partial charge < -0.3 is 9.47 Å². The Hall–Kier alpha value is -0.900. The molecule has 1 aliphatic rings. The first kappa shape index (κ1) is 8.69. The molecule has 0 amide bonds. The van der Waals surface area contributed by atoms with Crippen molar-refractivity contribution in [1.29, 1.82) is 0 Å². The summed E-state index contributed by atoms with van der Waals surface area (Å²) in [5, 5.41) is 7.61. The number of likely N-dealkylation sites (tertiary alicyclic amines) is 1. The maximum Gasteiger partial charge on any atom is 0.119 e. The van der Waals surface area contributed by atoms with Crippen LogP contribution in [0.15, 0.2) is 12.7 Å². The fourth-order valence-electron chi connectivity index (χ4n) is 1.96. The molecular formula is C9H16N4. The zero-order valence-electron chi connectivity index (χ0n) is 8.06. The minimum atomic E-state index is 0.788. The SMILES string of the molecule is CCN1CCC(Cn2cnnc2)C1. The van der Waals surface area contributed by atoms with E-state index >= 15 is 0 Å². The zero-order chi connectivity index (χ0) is 9.10. The first-order valence-electron chi connectivity index (χ1n) is 4.93. The highest BCUT2D eigenvalue weighted by Gasteiger charge is 2.20. The Kier molecular flexibility index (Phi) is 2.59. The van der Waals surface area contributed by atoms with Crippen LogP contribution in [0.3, 0.4) is 0 Å². The number of aromatic nitrogens is 3. The molecule has 0 radical (unpaired) electrons. The van der Waals surface area contributed by atoms with Crippen molar-refractivity contribution < 1.29 is 0 Å². The first-order chi connectivity index (χ1) is 6.38. The van der Waals surface area contributed by atoms with E-state index in [2.05, 4.69) is 26.6 Å². The third-order valence-electron chi connectivity index (χ3n) is 2.75. The van der Waals surface area contributed by atoms with E-state index in [-0.39, 0.29) is 0 Å². The smallest absolute Gasteiger partial charge is 0.119 e. The molecule has 1 aromatic heterocycles. The lowest BCUT2D eigenvalue weighted by Crippen LogP contribution is -2.21. The van der Waals surface area contributed by atoms with E-state index in [4.69, 9.17) is 0 Å². The molecule has 1 atom stereocenters. The van der Waals surface area contributed by atoms with Gasteiger partial charge in [0.2, 0.25) is 0 Å². The fraction of sp³-hybridized carbons (Fsp3) is 0.778. The predicted molar refractivity (Wildman–Crippen MR) is 50.2 cm³/mol. The maximum absolute atomic E-state index is 3.80. The van der Waals surface area contributed by atoms with E-state index < -0.39 is 0 Å². The molecule has 0 aromatic carbocycles. The molecular weight excluding hydrogens is 164 g/mol. The second-order valence-corrected chi connectivity index (χ2v) is 3.71. The van der Waals surface area contributed by atoms with Crippen LogP contribution in [0, 0.1) is 5.92 Å². The molecule has 1 aromatic rings. The van der Waals surface area contributed by atoms with Gasteiger partial charge in [0.1, 0.15) is 12.7 Å². The van der Waals surface area contributed by atoms with Crippen molar-refractivity contribution in [2.45, 2.75) is 19.9 Å². The summed E-state index contributed by atoms with van der Waals surface area (Å²) in [4.78, 5) is 2.50. The van der Waals surface area contributed by atoms with Crippen molar-refractivity contribution in [2.24, 2.45) is 5.92 Å². The normalized spacial score (nSPS) is 23.9. The molecule has 0 N–H and O–H groups in total. The zero-order valence-corrected chi connectivity index (χ0v) is 8.06. The molecule has 72 valence electrons. The van der Waals surface area contributed by atoms with Gasteiger partial charge in [-0.15, -0.1) is 10.2 Å². The van der Waals surface area contributed by atoms with Crippen LogP contribution in [0.2, 0.25) is 0 Å². The topological polar surface area (TPSA) is 34.0 Å². The maximum atomic E-state index is 3.80. The quantitative estimate of drug-likeness (QED) is 0.684. The summed E-state index contributed by atoms with van der Waals surface area (Å²) in [6, 6.07) is 0. The molecule has 0 aliphatic carbocycles. The largest absolute Gasteiger partial charge is 0.320 e. The summed E-state index contributed by atoms with van der Waals surface area (Å²) in [5.74, 6) is 0.788. The van der Waals surface area contributed by atoms with Crippen LogP contribution in [0.1, 0.15) is 13.3 Å². The number of nitrogens with zero attached hydrogens (tertiary/aromatic N) is 4.